The summed E-state index contributed by atoms with van der Waals surface area (Å²) >= 11 is 0. The summed E-state index contributed by atoms with van der Waals surface area (Å²) in [7, 11) is 0. The number of nitrogens with one attached hydrogen (secondary N) is 2. The molecule has 1 rings (SSSR count). The van der Waals surface area contributed by atoms with Gasteiger partial charge in [-0.3, -0.25) is 14.9 Å². The predicted molar refractivity (Wildman–Crippen MR) is 78.8 cm³/mol. The molecular formula is C14H18N4O3. The van der Waals surface area contributed by atoms with Crippen LogP contribution in [0.15, 0.2) is 18.2 Å². The van der Waals surface area contributed by atoms with E-state index in [-0.39, 0.29) is 17.2 Å². The maximum Gasteiger partial charge on any atom is 0.270 e. The summed E-state index contributed by atoms with van der Waals surface area (Å²) in [5, 5.41) is 25.4. The zero-order chi connectivity index (χ0) is 15.8. The van der Waals surface area contributed by atoms with Crippen LogP contribution < -0.4 is 10.6 Å². The lowest BCUT2D eigenvalue weighted by molar-refractivity contribution is -0.384. The fraction of sp³-hybridized carbons (Fsp3) is 0.429. The lowest BCUT2D eigenvalue weighted by atomic mass is 10.1. The van der Waals surface area contributed by atoms with Crippen LogP contribution in [0, 0.1) is 21.4 Å². The minimum Gasteiger partial charge on any atom is -0.325 e. The Hall–Kier alpha value is -2.46. The Morgan fingerprint density at radius 3 is 2.76 bits per heavy atom. The van der Waals surface area contributed by atoms with Gasteiger partial charge in [0, 0.05) is 24.6 Å². The number of anilines is 1. The molecule has 0 fully saturated rings. The minimum atomic E-state index is -0.579. The highest BCUT2D eigenvalue weighted by molar-refractivity contribution is 5.92. The van der Waals surface area contributed by atoms with E-state index in [9.17, 15) is 14.9 Å². The van der Waals surface area contributed by atoms with Gasteiger partial charge in [-0.2, -0.15) is 5.26 Å². The fourth-order valence-electron chi connectivity index (χ4n) is 1.70. The largest absolute Gasteiger partial charge is 0.325 e. The first-order valence-corrected chi connectivity index (χ1v) is 6.66. The highest BCUT2D eigenvalue weighted by Crippen LogP contribution is 2.21. The maximum absolute atomic E-state index is 11.8. The number of carbonyl (C=O) groups excluding carboxylic acids is 1. The molecule has 21 heavy (non-hydrogen) atoms. The predicted octanol–water partition coefficient (Wildman–Crippen LogP) is 2.18. The zero-order valence-corrected chi connectivity index (χ0v) is 12.0. The topological polar surface area (TPSA) is 108 Å². The average molecular weight is 290 g/mol. The number of nitrogens with zero attached hydrogens (tertiary/aromatic N) is 2. The number of rotatable bonds is 7. The third-order valence-electron chi connectivity index (χ3n) is 2.74. The Kier molecular flexibility index (Phi) is 6.30. The number of benzene rings is 1. The molecule has 2 N–H and O–H groups in total. The summed E-state index contributed by atoms with van der Waals surface area (Å²) in [5.74, 6) is -0.217. The summed E-state index contributed by atoms with van der Waals surface area (Å²) in [6.07, 6.45) is 1.00. The van der Waals surface area contributed by atoms with Crippen LogP contribution in [0.5, 0.6) is 0 Å². The van der Waals surface area contributed by atoms with E-state index >= 15 is 0 Å². The zero-order valence-electron chi connectivity index (χ0n) is 12.0. The number of hydrogen-bond acceptors (Lipinski definition) is 5. The van der Waals surface area contributed by atoms with Crippen molar-refractivity contribution in [2.75, 3.05) is 11.9 Å². The van der Waals surface area contributed by atoms with E-state index in [0.717, 1.165) is 12.6 Å². The van der Waals surface area contributed by atoms with Gasteiger partial charge in [0.2, 0.25) is 5.91 Å². The third-order valence-corrected chi connectivity index (χ3v) is 2.74. The molecule has 112 valence electrons. The first kappa shape index (κ1) is 16.6. The monoisotopic (exact) mass is 290 g/mol. The number of nitro groups is 1. The minimum absolute atomic E-state index is 0.0813. The standard InChI is InChI=1S/C14H18N4O3/c1-10(2)16-7-3-4-14(19)17-13-6-5-12(18(20)21)8-11(13)9-15/h5-6,8,10,16H,3-4,7H2,1-2H3,(H,17,19). The average Bonchev–Trinajstić information content (AvgIpc) is 2.43. The van der Waals surface area contributed by atoms with E-state index in [0.29, 0.717) is 24.6 Å². The number of non-ortho nitro benzene ring substituents is 1. The highest BCUT2D eigenvalue weighted by atomic mass is 16.6. The summed E-state index contributed by atoms with van der Waals surface area (Å²) in [5.41, 5.74) is 0.202. The van der Waals surface area contributed by atoms with Crippen LogP contribution >= 0.6 is 0 Å². The van der Waals surface area contributed by atoms with Crippen molar-refractivity contribution in [1.82, 2.24) is 5.32 Å². The second kappa shape index (κ2) is 7.97. The molecule has 1 aromatic rings. The van der Waals surface area contributed by atoms with Gasteiger partial charge in [0.05, 0.1) is 16.2 Å². The SMILES string of the molecule is CC(C)NCCCC(=O)Nc1ccc([N+](=O)[O-])cc1C#N. The van der Waals surface area contributed by atoms with Crippen molar-refractivity contribution >= 4 is 17.3 Å². The second-order valence-electron chi connectivity index (χ2n) is 4.86. The van der Waals surface area contributed by atoms with E-state index in [1.54, 1.807) is 0 Å². The number of nitriles is 1. The molecule has 0 unspecified atom stereocenters. The van der Waals surface area contributed by atoms with Crippen molar-refractivity contribution in [1.29, 1.82) is 5.26 Å². The Morgan fingerprint density at radius 1 is 1.48 bits per heavy atom. The molecule has 0 aliphatic heterocycles. The molecule has 0 radical (unpaired) electrons. The molecule has 0 saturated heterocycles. The molecule has 7 heteroatoms. The lowest BCUT2D eigenvalue weighted by Crippen LogP contribution is -2.24. The van der Waals surface area contributed by atoms with Crippen LogP contribution in [-0.4, -0.2) is 23.4 Å². The van der Waals surface area contributed by atoms with E-state index in [2.05, 4.69) is 10.6 Å². The van der Waals surface area contributed by atoms with Crippen LogP contribution in [0.1, 0.15) is 32.3 Å². The van der Waals surface area contributed by atoms with E-state index < -0.39 is 4.92 Å². The molecule has 1 aromatic carbocycles. The number of amides is 1. The molecule has 0 bridgehead atoms. The summed E-state index contributed by atoms with van der Waals surface area (Å²) < 4.78 is 0. The maximum atomic E-state index is 11.8. The van der Waals surface area contributed by atoms with Crippen molar-refractivity contribution in [3.63, 3.8) is 0 Å². The highest BCUT2D eigenvalue weighted by Gasteiger charge is 2.12. The smallest absolute Gasteiger partial charge is 0.270 e. The van der Waals surface area contributed by atoms with Gasteiger partial charge in [0.25, 0.3) is 5.69 Å². The van der Waals surface area contributed by atoms with Gasteiger partial charge < -0.3 is 10.6 Å². The summed E-state index contributed by atoms with van der Waals surface area (Å²) in [6.45, 7) is 4.78. The molecule has 0 aromatic heterocycles. The normalized spacial score (nSPS) is 10.2. The van der Waals surface area contributed by atoms with Crippen LogP contribution in [-0.2, 0) is 4.79 Å². The molecule has 0 aliphatic rings. The van der Waals surface area contributed by atoms with Gasteiger partial charge in [-0.05, 0) is 19.0 Å². The van der Waals surface area contributed by atoms with Crippen LogP contribution in [0.25, 0.3) is 0 Å². The van der Waals surface area contributed by atoms with E-state index in [1.165, 1.54) is 12.1 Å². The van der Waals surface area contributed by atoms with Crippen molar-refractivity contribution in [3.05, 3.63) is 33.9 Å². The van der Waals surface area contributed by atoms with Crippen molar-refractivity contribution in [2.45, 2.75) is 32.7 Å². The van der Waals surface area contributed by atoms with Gasteiger partial charge in [0.1, 0.15) is 6.07 Å². The number of nitro benzene ring substituents is 1. The molecule has 0 saturated carbocycles. The molecule has 0 heterocycles. The number of carbonyl (C=O) groups is 1. The van der Waals surface area contributed by atoms with Gasteiger partial charge in [-0.15, -0.1) is 0 Å². The van der Waals surface area contributed by atoms with E-state index in [4.69, 9.17) is 5.26 Å². The van der Waals surface area contributed by atoms with Crippen LogP contribution in [0.2, 0.25) is 0 Å². The molecule has 0 atom stereocenters. The van der Waals surface area contributed by atoms with Crippen molar-refractivity contribution in [2.24, 2.45) is 0 Å². The number of hydrogen-bond donors (Lipinski definition) is 2. The lowest BCUT2D eigenvalue weighted by Gasteiger charge is -2.09. The molecular weight excluding hydrogens is 272 g/mol. The van der Waals surface area contributed by atoms with Gasteiger partial charge in [0.15, 0.2) is 0 Å². The Balaban J connectivity index is 2.60. The van der Waals surface area contributed by atoms with Gasteiger partial charge in [-0.1, -0.05) is 13.8 Å². The Labute approximate surface area is 123 Å². The van der Waals surface area contributed by atoms with Gasteiger partial charge in [-0.25, -0.2) is 0 Å². The Morgan fingerprint density at radius 2 is 2.19 bits per heavy atom. The summed E-state index contributed by atoms with van der Waals surface area (Å²) in [6, 6.07) is 6.00. The fourth-order valence-corrected chi connectivity index (χ4v) is 1.70. The molecule has 7 nitrogen and oxygen atoms in total. The quantitative estimate of drug-likeness (QED) is 0.454. The first-order chi connectivity index (χ1) is 9.93. The van der Waals surface area contributed by atoms with E-state index in [1.807, 2.05) is 19.9 Å². The third kappa shape index (κ3) is 5.58. The molecule has 1 amide bonds. The van der Waals surface area contributed by atoms with Crippen LogP contribution in [0.3, 0.4) is 0 Å². The second-order valence-corrected chi connectivity index (χ2v) is 4.86. The Bertz CT molecular complexity index is 564. The van der Waals surface area contributed by atoms with Gasteiger partial charge >= 0.3 is 0 Å². The summed E-state index contributed by atoms with van der Waals surface area (Å²) in [4.78, 5) is 21.8. The van der Waals surface area contributed by atoms with Crippen molar-refractivity contribution < 1.29 is 9.72 Å². The molecule has 0 spiro atoms. The first-order valence-electron chi connectivity index (χ1n) is 6.66. The van der Waals surface area contributed by atoms with Crippen LogP contribution in [0.4, 0.5) is 11.4 Å². The molecule has 0 aliphatic carbocycles. The van der Waals surface area contributed by atoms with Crippen molar-refractivity contribution in [3.8, 4) is 6.07 Å².